The van der Waals surface area contributed by atoms with Gasteiger partial charge < -0.3 is 25.1 Å². The molecule has 2 aromatic heterocycles. The molecule has 1 saturated heterocycles. The molecule has 2 aliphatic rings. The highest BCUT2D eigenvalue weighted by molar-refractivity contribution is 7.99. The number of nitrogens with two attached hydrogens (primary N) is 1. The number of nitrogens with one attached hydrogen (secondary N) is 1. The zero-order chi connectivity index (χ0) is 19.8. The summed E-state index contributed by atoms with van der Waals surface area (Å²) in [7, 11) is 0. The summed E-state index contributed by atoms with van der Waals surface area (Å²) < 4.78 is 13.6. The van der Waals surface area contributed by atoms with Crippen LogP contribution in [0.3, 0.4) is 0 Å². The highest BCUT2D eigenvalue weighted by atomic mass is 35.5. The molecule has 29 heavy (non-hydrogen) atoms. The second-order valence-electron chi connectivity index (χ2n) is 7.29. The third kappa shape index (κ3) is 3.72. The van der Waals surface area contributed by atoms with Crippen LogP contribution in [-0.2, 0) is 6.54 Å². The fraction of sp³-hybridized carbons (Fsp3) is 0.400. The molecule has 7 nitrogen and oxygen atoms in total. The first-order valence-corrected chi connectivity index (χ1v) is 11.0. The van der Waals surface area contributed by atoms with Gasteiger partial charge in [0.05, 0.1) is 10.5 Å². The summed E-state index contributed by atoms with van der Waals surface area (Å²) in [5.74, 6) is 2.52. The second kappa shape index (κ2) is 7.93. The van der Waals surface area contributed by atoms with Crippen LogP contribution in [0.1, 0.15) is 12.8 Å². The zero-order valence-corrected chi connectivity index (χ0v) is 17.4. The van der Waals surface area contributed by atoms with Crippen LogP contribution >= 0.6 is 23.4 Å². The van der Waals surface area contributed by atoms with Gasteiger partial charge in [0.25, 0.3) is 0 Å². The molecular weight excluding hydrogens is 410 g/mol. The van der Waals surface area contributed by atoms with E-state index < -0.39 is 0 Å². The maximum absolute atomic E-state index is 6.54. The first-order chi connectivity index (χ1) is 14.2. The first kappa shape index (κ1) is 18.8. The predicted molar refractivity (Wildman–Crippen MR) is 114 cm³/mol. The summed E-state index contributed by atoms with van der Waals surface area (Å²) in [6.07, 6.45) is 4.04. The van der Waals surface area contributed by atoms with Crippen molar-refractivity contribution in [2.45, 2.75) is 29.4 Å². The predicted octanol–water partition coefficient (Wildman–Crippen LogP) is 3.59. The van der Waals surface area contributed by atoms with Gasteiger partial charge in [-0.2, -0.15) is 0 Å². The molecule has 0 bridgehead atoms. The maximum atomic E-state index is 6.54. The lowest BCUT2D eigenvalue weighted by molar-refractivity contribution is 0.171. The number of aryl methyl sites for hydroxylation is 1. The molecular formula is C20H22ClN5O2S. The summed E-state index contributed by atoms with van der Waals surface area (Å²) in [6.45, 7) is 4.12. The van der Waals surface area contributed by atoms with E-state index in [0.29, 0.717) is 41.5 Å². The fourth-order valence-corrected chi connectivity index (χ4v) is 5.06. The molecule has 9 heteroatoms. The highest BCUT2D eigenvalue weighted by Gasteiger charge is 2.21. The van der Waals surface area contributed by atoms with Crippen molar-refractivity contribution >= 4 is 40.2 Å². The maximum Gasteiger partial charge on any atom is 0.174 e. The van der Waals surface area contributed by atoms with Crippen molar-refractivity contribution in [1.29, 1.82) is 0 Å². The second-order valence-corrected chi connectivity index (χ2v) is 8.70. The van der Waals surface area contributed by atoms with Crippen molar-refractivity contribution in [3.63, 3.8) is 0 Å². The van der Waals surface area contributed by atoms with Crippen molar-refractivity contribution in [2.24, 2.45) is 5.92 Å². The lowest BCUT2D eigenvalue weighted by Gasteiger charge is -2.19. The number of imidazole rings is 1. The van der Waals surface area contributed by atoms with Crippen LogP contribution in [0.5, 0.6) is 11.5 Å². The summed E-state index contributed by atoms with van der Waals surface area (Å²) in [4.78, 5) is 9.88. The van der Waals surface area contributed by atoms with E-state index in [4.69, 9.17) is 31.8 Å². The van der Waals surface area contributed by atoms with Gasteiger partial charge in [-0.1, -0.05) is 11.6 Å². The number of nitrogens with zero attached hydrogens (tertiary/aromatic N) is 3. The average Bonchev–Trinajstić information content (AvgIpc) is 3.35. The Kier molecular flexibility index (Phi) is 5.15. The lowest BCUT2D eigenvalue weighted by Crippen LogP contribution is -2.15. The van der Waals surface area contributed by atoms with Gasteiger partial charge in [0, 0.05) is 23.7 Å². The van der Waals surface area contributed by atoms with Crippen LogP contribution in [0.4, 0.5) is 5.82 Å². The van der Waals surface area contributed by atoms with Crippen LogP contribution in [-0.4, -0.2) is 40.8 Å². The smallest absolute Gasteiger partial charge is 0.174 e. The number of hydrogen-bond donors (Lipinski definition) is 2. The molecule has 0 radical (unpaired) electrons. The van der Waals surface area contributed by atoms with Gasteiger partial charge in [-0.05, 0) is 55.7 Å². The Morgan fingerprint density at radius 3 is 2.90 bits per heavy atom. The number of fused-ring (bicyclic) bond motifs is 2. The Balaban J connectivity index is 1.50. The molecule has 0 saturated carbocycles. The van der Waals surface area contributed by atoms with Gasteiger partial charge in [0.1, 0.15) is 18.7 Å². The van der Waals surface area contributed by atoms with Crippen LogP contribution < -0.4 is 20.5 Å². The Bertz CT molecular complexity index is 1050. The van der Waals surface area contributed by atoms with E-state index in [1.807, 2.05) is 18.2 Å². The summed E-state index contributed by atoms with van der Waals surface area (Å²) in [5.41, 5.74) is 7.83. The van der Waals surface area contributed by atoms with E-state index in [-0.39, 0.29) is 0 Å². The molecule has 4 heterocycles. The van der Waals surface area contributed by atoms with Gasteiger partial charge in [0.2, 0.25) is 0 Å². The number of nitrogen functional groups attached to an aromatic ring is 1. The van der Waals surface area contributed by atoms with Crippen molar-refractivity contribution in [3.05, 3.63) is 29.4 Å². The van der Waals surface area contributed by atoms with Crippen LogP contribution in [0.15, 0.2) is 34.4 Å². The molecule has 0 amide bonds. The number of pyridine rings is 1. The van der Waals surface area contributed by atoms with E-state index in [1.165, 1.54) is 18.2 Å². The number of rotatable bonds is 5. The third-order valence-corrected chi connectivity index (χ3v) is 6.86. The van der Waals surface area contributed by atoms with Gasteiger partial charge >= 0.3 is 0 Å². The van der Waals surface area contributed by atoms with E-state index >= 15 is 0 Å². The number of anilines is 1. The molecule has 0 aliphatic carbocycles. The topological polar surface area (TPSA) is 87.2 Å². The van der Waals surface area contributed by atoms with Gasteiger partial charge in [-0.25, -0.2) is 9.97 Å². The minimum atomic E-state index is 0.443. The number of ether oxygens (including phenoxy) is 2. The normalized spacial score (nSPS) is 18.4. The standard InChI is InChI=1S/C20H22ClN5O2S/c21-13-9-15-16(28-8-7-27-15)10-17(13)29-20-25-18-14(2-5-24-19(18)22)26(20)6-3-12-1-4-23-11-12/h2,5,9-10,12,23H,1,3-4,6-8,11H2,(H2,22,24). The third-order valence-electron chi connectivity index (χ3n) is 5.38. The molecule has 1 atom stereocenters. The number of halogens is 1. The Labute approximate surface area is 177 Å². The van der Waals surface area contributed by atoms with E-state index in [1.54, 1.807) is 6.20 Å². The molecule has 2 aliphatic heterocycles. The summed E-state index contributed by atoms with van der Waals surface area (Å²) in [5, 5.41) is 4.90. The van der Waals surface area contributed by atoms with Crippen molar-refractivity contribution in [2.75, 3.05) is 32.0 Å². The van der Waals surface area contributed by atoms with Gasteiger partial charge in [-0.3, -0.25) is 0 Å². The fourth-order valence-electron chi connectivity index (χ4n) is 3.84. The van der Waals surface area contributed by atoms with Crippen LogP contribution in [0, 0.1) is 5.92 Å². The van der Waals surface area contributed by atoms with Crippen LogP contribution in [0.25, 0.3) is 11.0 Å². The summed E-state index contributed by atoms with van der Waals surface area (Å²) >= 11 is 8.05. The minimum Gasteiger partial charge on any atom is -0.486 e. The van der Waals surface area contributed by atoms with E-state index in [0.717, 1.165) is 47.1 Å². The number of hydrogen-bond acceptors (Lipinski definition) is 7. The van der Waals surface area contributed by atoms with Crippen molar-refractivity contribution in [1.82, 2.24) is 19.9 Å². The Hall–Kier alpha value is -2.16. The first-order valence-electron chi connectivity index (χ1n) is 9.77. The van der Waals surface area contributed by atoms with Gasteiger partial charge in [-0.15, -0.1) is 0 Å². The number of aromatic nitrogens is 3. The van der Waals surface area contributed by atoms with Crippen molar-refractivity contribution < 1.29 is 9.47 Å². The monoisotopic (exact) mass is 431 g/mol. The SMILES string of the molecule is Nc1nccc2c1nc(Sc1cc3c(cc1Cl)OCCO3)n2CCC1CCNC1. The molecule has 152 valence electrons. The molecule has 5 rings (SSSR count). The average molecular weight is 432 g/mol. The van der Waals surface area contributed by atoms with E-state index in [9.17, 15) is 0 Å². The molecule has 3 aromatic rings. The summed E-state index contributed by atoms with van der Waals surface area (Å²) in [6, 6.07) is 5.71. The molecule has 0 spiro atoms. The molecule has 3 N–H and O–H groups in total. The molecule has 1 fully saturated rings. The quantitative estimate of drug-likeness (QED) is 0.638. The van der Waals surface area contributed by atoms with Crippen molar-refractivity contribution in [3.8, 4) is 11.5 Å². The minimum absolute atomic E-state index is 0.443. The lowest BCUT2D eigenvalue weighted by atomic mass is 10.1. The Morgan fingerprint density at radius 2 is 2.10 bits per heavy atom. The highest BCUT2D eigenvalue weighted by Crippen LogP contribution is 2.42. The van der Waals surface area contributed by atoms with Gasteiger partial charge in [0.15, 0.2) is 22.5 Å². The largest absolute Gasteiger partial charge is 0.486 e. The zero-order valence-electron chi connectivity index (χ0n) is 15.9. The Morgan fingerprint density at radius 1 is 1.28 bits per heavy atom. The van der Waals surface area contributed by atoms with Crippen LogP contribution in [0.2, 0.25) is 5.02 Å². The molecule has 1 unspecified atom stereocenters. The van der Waals surface area contributed by atoms with E-state index in [2.05, 4.69) is 14.9 Å². The number of benzene rings is 1. The molecule has 1 aromatic carbocycles.